The molecule has 176 valence electrons. The van der Waals surface area contributed by atoms with E-state index in [1.807, 2.05) is 49.4 Å². The Hall–Kier alpha value is -4.14. The summed E-state index contributed by atoms with van der Waals surface area (Å²) in [5.41, 5.74) is 2.41. The summed E-state index contributed by atoms with van der Waals surface area (Å²) in [6.45, 7) is 4.01. The van der Waals surface area contributed by atoms with E-state index in [4.69, 9.17) is 9.47 Å². The molecule has 1 aliphatic rings. The second-order valence-electron chi connectivity index (χ2n) is 7.94. The number of hydrogen-bond acceptors (Lipinski definition) is 6. The first-order valence-corrected chi connectivity index (χ1v) is 11.0. The third kappa shape index (κ3) is 4.50. The number of esters is 1. The second kappa shape index (κ2) is 9.78. The minimum Gasteiger partial charge on any atom is -0.495 e. The molecule has 1 atom stereocenters. The summed E-state index contributed by atoms with van der Waals surface area (Å²) in [6.07, 6.45) is 1.40. The maximum absolute atomic E-state index is 13.3. The number of para-hydroxylation sites is 1. The summed E-state index contributed by atoms with van der Waals surface area (Å²) in [6, 6.07) is 14.7. The van der Waals surface area contributed by atoms with Gasteiger partial charge in [-0.15, -0.1) is 0 Å². The molecular formula is C25H26N4O5. The monoisotopic (exact) mass is 462 g/mol. The van der Waals surface area contributed by atoms with Gasteiger partial charge in [-0.25, -0.2) is 9.48 Å². The van der Waals surface area contributed by atoms with Gasteiger partial charge in [0.05, 0.1) is 37.2 Å². The summed E-state index contributed by atoms with van der Waals surface area (Å²) in [5, 5.41) is 7.11. The molecule has 9 nitrogen and oxygen atoms in total. The number of ether oxygens (including phenoxy) is 2. The van der Waals surface area contributed by atoms with Gasteiger partial charge < -0.3 is 19.7 Å². The number of amides is 2. The fraction of sp³-hybridized carbons (Fsp3) is 0.280. The quantitative estimate of drug-likeness (QED) is 0.540. The number of hydrogen-bond donors (Lipinski definition) is 1. The van der Waals surface area contributed by atoms with Crippen LogP contribution in [-0.2, 0) is 14.3 Å². The molecule has 2 amide bonds. The normalized spacial score (nSPS) is 15.3. The van der Waals surface area contributed by atoms with Gasteiger partial charge >= 0.3 is 5.97 Å². The van der Waals surface area contributed by atoms with E-state index in [-0.39, 0.29) is 42.8 Å². The van der Waals surface area contributed by atoms with Crippen LogP contribution in [0.2, 0.25) is 0 Å². The molecule has 0 spiro atoms. The number of nitrogens with one attached hydrogen (secondary N) is 1. The first kappa shape index (κ1) is 23.0. The topological polar surface area (TPSA) is 103 Å². The maximum atomic E-state index is 13.3. The fourth-order valence-corrected chi connectivity index (χ4v) is 3.94. The van der Waals surface area contributed by atoms with Crippen LogP contribution in [0.4, 0.5) is 11.5 Å². The number of nitrogens with zero attached hydrogens (tertiary/aromatic N) is 3. The van der Waals surface area contributed by atoms with Gasteiger partial charge in [0.2, 0.25) is 11.8 Å². The van der Waals surface area contributed by atoms with E-state index in [0.717, 1.165) is 5.56 Å². The standard InChI is InChI=1S/C25H26N4O5/c1-4-34-25(32)19-14-26-29(18-8-6-5-7-9-18)23(19)27-24(31)17-13-22(30)28(15-17)20-12-16(2)10-11-21(20)33-3/h5-12,14,17H,4,13,15H2,1-3H3,(H,27,31). The van der Waals surface area contributed by atoms with Gasteiger partial charge in [-0.05, 0) is 43.7 Å². The Kier molecular flexibility index (Phi) is 6.62. The van der Waals surface area contributed by atoms with Crippen molar-refractivity contribution in [2.45, 2.75) is 20.3 Å². The number of methoxy groups -OCH3 is 1. The highest BCUT2D eigenvalue weighted by Gasteiger charge is 2.37. The highest BCUT2D eigenvalue weighted by atomic mass is 16.5. The van der Waals surface area contributed by atoms with Crippen molar-refractivity contribution in [2.75, 3.05) is 30.5 Å². The van der Waals surface area contributed by atoms with Crippen LogP contribution in [0.1, 0.15) is 29.3 Å². The summed E-state index contributed by atoms with van der Waals surface area (Å²) in [4.78, 5) is 40.1. The summed E-state index contributed by atoms with van der Waals surface area (Å²) in [5.74, 6) is -1.00. The van der Waals surface area contributed by atoms with Crippen LogP contribution in [0.15, 0.2) is 54.7 Å². The van der Waals surface area contributed by atoms with Gasteiger partial charge in [0, 0.05) is 13.0 Å². The molecular weight excluding hydrogens is 436 g/mol. The van der Waals surface area contributed by atoms with E-state index in [1.54, 1.807) is 25.0 Å². The summed E-state index contributed by atoms with van der Waals surface area (Å²) >= 11 is 0. The Labute approximate surface area is 197 Å². The third-order valence-electron chi connectivity index (χ3n) is 5.63. The second-order valence-corrected chi connectivity index (χ2v) is 7.94. The molecule has 2 aromatic carbocycles. The molecule has 3 aromatic rings. The summed E-state index contributed by atoms with van der Waals surface area (Å²) < 4.78 is 12.0. The average Bonchev–Trinajstić information content (AvgIpc) is 3.43. The molecule has 34 heavy (non-hydrogen) atoms. The van der Waals surface area contributed by atoms with E-state index in [2.05, 4.69) is 10.4 Å². The van der Waals surface area contributed by atoms with Crippen molar-refractivity contribution in [3.8, 4) is 11.4 Å². The molecule has 1 N–H and O–H groups in total. The molecule has 1 saturated heterocycles. The van der Waals surface area contributed by atoms with Crippen molar-refractivity contribution in [3.05, 3.63) is 65.9 Å². The predicted molar refractivity (Wildman–Crippen MR) is 126 cm³/mol. The largest absolute Gasteiger partial charge is 0.495 e. The van der Waals surface area contributed by atoms with E-state index in [1.165, 1.54) is 10.9 Å². The molecule has 1 aromatic heterocycles. The van der Waals surface area contributed by atoms with Crippen LogP contribution < -0.4 is 15.0 Å². The van der Waals surface area contributed by atoms with Crippen molar-refractivity contribution >= 4 is 29.3 Å². The highest BCUT2D eigenvalue weighted by molar-refractivity contribution is 6.06. The van der Waals surface area contributed by atoms with Gasteiger partial charge in [-0.1, -0.05) is 24.3 Å². The van der Waals surface area contributed by atoms with E-state index < -0.39 is 11.9 Å². The van der Waals surface area contributed by atoms with Crippen molar-refractivity contribution in [2.24, 2.45) is 5.92 Å². The van der Waals surface area contributed by atoms with Crippen LogP contribution >= 0.6 is 0 Å². The Morgan fingerprint density at radius 2 is 1.94 bits per heavy atom. The number of carbonyl (C=O) groups is 3. The van der Waals surface area contributed by atoms with Gasteiger partial charge in [-0.2, -0.15) is 5.10 Å². The predicted octanol–water partition coefficient (Wildman–Crippen LogP) is 3.36. The average molecular weight is 463 g/mol. The van der Waals surface area contributed by atoms with Gasteiger partial charge in [0.1, 0.15) is 11.3 Å². The molecule has 2 heterocycles. The number of carbonyl (C=O) groups excluding carboxylic acids is 3. The molecule has 1 unspecified atom stereocenters. The van der Waals surface area contributed by atoms with Crippen LogP contribution in [0.5, 0.6) is 5.75 Å². The zero-order valence-corrected chi connectivity index (χ0v) is 19.3. The van der Waals surface area contributed by atoms with E-state index in [9.17, 15) is 14.4 Å². The van der Waals surface area contributed by atoms with Gasteiger partial charge in [-0.3, -0.25) is 9.59 Å². The van der Waals surface area contributed by atoms with Crippen molar-refractivity contribution in [1.82, 2.24) is 9.78 Å². The molecule has 1 fully saturated rings. The number of aryl methyl sites for hydroxylation is 1. The van der Waals surface area contributed by atoms with Gasteiger partial charge in [0.25, 0.3) is 0 Å². The molecule has 1 aliphatic heterocycles. The SMILES string of the molecule is CCOC(=O)c1cnn(-c2ccccc2)c1NC(=O)C1CC(=O)N(c2cc(C)ccc2OC)C1. The van der Waals surface area contributed by atoms with Crippen LogP contribution in [0.25, 0.3) is 5.69 Å². The number of rotatable bonds is 7. The minimum absolute atomic E-state index is 0.0388. The zero-order chi connectivity index (χ0) is 24.2. The Balaban J connectivity index is 1.61. The Morgan fingerprint density at radius 3 is 2.65 bits per heavy atom. The molecule has 0 saturated carbocycles. The van der Waals surface area contributed by atoms with Crippen LogP contribution in [0, 0.1) is 12.8 Å². The number of aromatic nitrogens is 2. The molecule has 0 bridgehead atoms. The maximum Gasteiger partial charge on any atom is 0.343 e. The lowest BCUT2D eigenvalue weighted by Crippen LogP contribution is -2.29. The Morgan fingerprint density at radius 1 is 1.18 bits per heavy atom. The van der Waals surface area contributed by atoms with Crippen molar-refractivity contribution in [1.29, 1.82) is 0 Å². The van der Waals surface area contributed by atoms with E-state index in [0.29, 0.717) is 17.1 Å². The summed E-state index contributed by atoms with van der Waals surface area (Å²) in [7, 11) is 1.54. The smallest absolute Gasteiger partial charge is 0.343 e. The number of benzene rings is 2. The van der Waals surface area contributed by atoms with Crippen molar-refractivity contribution < 1.29 is 23.9 Å². The van der Waals surface area contributed by atoms with Crippen molar-refractivity contribution in [3.63, 3.8) is 0 Å². The first-order chi connectivity index (χ1) is 16.4. The van der Waals surface area contributed by atoms with Crippen LogP contribution in [-0.4, -0.2) is 47.8 Å². The van der Waals surface area contributed by atoms with E-state index >= 15 is 0 Å². The lowest BCUT2D eigenvalue weighted by Gasteiger charge is -2.20. The number of anilines is 2. The lowest BCUT2D eigenvalue weighted by molar-refractivity contribution is -0.122. The molecule has 9 heteroatoms. The first-order valence-electron chi connectivity index (χ1n) is 11.0. The third-order valence-corrected chi connectivity index (χ3v) is 5.63. The molecule has 4 rings (SSSR count). The zero-order valence-electron chi connectivity index (χ0n) is 19.3. The lowest BCUT2D eigenvalue weighted by atomic mass is 10.1. The van der Waals surface area contributed by atoms with Gasteiger partial charge in [0.15, 0.2) is 5.82 Å². The highest BCUT2D eigenvalue weighted by Crippen LogP contribution is 2.34. The van der Waals surface area contributed by atoms with Crippen LogP contribution in [0.3, 0.4) is 0 Å². The minimum atomic E-state index is -0.619. The molecule has 0 radical (unpaired) electrons. The Bertz CT molecular complexity index is 1220. The fourth-order valence-electron chi connectivity index (χ4n) is 3.94. The molecule has 0 aliphatic carbocycles.